The van der Waals surface area contributed by atoms with Crippen LogP contribution in [0.3, 0.4) is 0 Å². The van der Waals surface area contributed by atoms with Crippen LogP contribution in [0.2, 0.25) is 0 Å². The summed E-state index contributed by atoms with van der Waals surface area (Å²) < 4.78 is 1.10. The highest BCUT2D eigenvalue weighted by atomic mass is 79.9. The maximum atomic E-state index is 9.87. The largest absolute Gasteiger partial charge is 0.387 e. The smallest absolute Gasteiger partial charge is 0.134 e. The summed E-state index contributed by atoms with van der Waals surface area (Å²) in [4.78, 5) is 7.01. The molecule has 2 aromatic rings. The Morgan fingerprint density at radius 3 is 3.06 bits per heavy atom. The number of hydrogen-bond acceptors (Lipinski definition) is 4. The Hall–Kier alpha value is -0.230. The molecule has 2 aromatic heterocycles. The molecular weight excluding hydrogens is 306 g/mol. The van der Waals surface area contributed by atoms with Gasteiger partial charge in [-0.1, -0.05) is 0 Å². The molecular formula is C11H10BrNOS2. The van der Waals surface area contributed by atoms with Gasteiger partial charge in [0.15, 0.2) is 0 Å². The molecule has 1 aliphatic carbocycles. The fourth-order valence-electron chi connectivity index (χ4n) is 1.93. The second kappa shape index (κ2) is 4.22. The third-order valence-corrected chi connectivity index (χ3v) is 5.69. The van der Waals surface area contributed by atoms with Crippen molar-refractivity contribution in [1.82, 2.24) is 4.98 Å². The minimum absolute atomic E-state index is 0.350. The van der Waals surface area contributed by atoms with E-state index in [4.69, 9.17) is 0 Å². The van der Waals surface area contributed by atoms with Gasteiger partial charge in [0.1, 0.15) is 5.01 Å². The van der Waals surface area contributed by atoms with Crippen LogP contribution in [0, 0.1) is 0 Å². The number of thiazole rings is 1. The van der Waals surface area contributed by atoms with Crippen molar-refractivity contribution < 1.29 is 5.11 Å². The molecule has 0 radical (unpaired) electrons. The Bertz CT molecular complexity index is 520. The quantitative estimate of drug-likeness (QED) is 0.862. The van der Waals surface area contributed by atoms with Gasteiger partial charge in [-0.05, 0) is 41.3 Å². The molecule has 5 heteroatoms. The van der Waals surface area contributed by atoms with Gasteiger partial charge in [-0.3, -0.25) is 0 Å². The molecule has 0 fully saturated rings. The molecule has 0 aromatic carbocycles. The zero-order valence-electron chi connectivity index (χ0n) is 8.44. The fraction of sp³-hybridized carbons (Fsp3) is 0.364. The number of fused-ring (bicyclic) bond motifs is 1. The zero-order valence-corrected chi connectivity index (χ0v) is 11.7. The Morgan fingerprint density at radius 2 is 2.38 bits per heavy atom. The van der Waals surface area contributed by atoms with E-state index in [1.807, 2.05) is 0 Å². The normalized spacial score (nSPS) is 19.8. The van der Waals surface area contributed by atoms with Crippen LogP contribution in [0.4, 0.5) is 0 Å². The van der Waals surface area contributed by atoms with Crippen molar-refractivity contribution in [3.8, 4) is 9.88 Å². The van der Waals surface area contributed by atoms with E-state index in [9.17, 15) is 5.11 Å². The molecule has 3 rings (SSSR count). The van der Waals surface area contributed by atoms with Crippen LogP contribution in [0.5, 0.6) is 0 Å². The molecule has 1 atom stereocenters. The monoisotopic (exact) mass is 315 g/mol. The van der Waals surface area contributed by atoms with E-state index in [0.29, 0.717) is 0 Å². The maximum absolute atomic E-state index is 9.87. The Balaban J connectivity index is 2.04. The van der Waals surface area contributed by atoms with E-state index in [1.54, 1.807) is 22.7 Å². The van der Waals surface area contributed by atoms with Gasteiger partial charge in [0.25, 0.3) is 0 Å². The third-order valence-electron chi connectivity index (χ3n) is 2.70. The van der Waals surface area contributed by atoms with Gasteiger partial charge in [-0.15, -0.1) is 22.7 Å². The molecule has 1 N–H and O–H groups in total. The highest BCUT2D eigenvalue weighted by Crippen LogP contribution is 2.39. The van der Waals surface area contributed by atoms with Crippen LogP contribution in [0.25, 0.3) is 9.88 Å². The lowest BCUT2D eigenvalue weighted by atomic mass is 10.0. The molecule has 0 aliphatic heterocycles. The number of thiophene rings is 1. The van der Waals surface area contributed by atoms with Crippen LogP contribution in [0.15, 0.2) is 15.9 Å². The molecule has 84 valence electrons. The molecule has 0 amide bonds. The number of aromatic nitrogens is 1. The van der Waals surface area contributed by atoms with Gasteiger partial charge in [-0.2, -0.15) is 0 Å². The Kier molecular flexibility index (Phi) is 2.87. The van der Waals surface area contributed by atoms with E-state index in [-0.39, 0.29) is 6.10 Å². The van der Waals surface area contributed by atoms with Crippen molar-refractivity contribution in [2.45, 2.75) is 25.4 Å². The standard InChI is InChI=1S/C11H10BrNOS2/c12-6-4-9(15-5-6)11-13-10-7(14)2-1-3-8(10)16-11/h4-5,7,14H,1-3H2. The van der Waals surface area contributed by atoms with Crippen LogP contribution in [-0.4, -0.2) is 10.1 Å². The summed E-state index contributed by atoms with van der Waals surface area (Å²) in [5.41, 5.74) is 0.913. The van der Waals surface area contributed by atoms with Crippen LogP contribution >= 0.6 is 38.6 Å². The number of rotatable bonds is 1. The van der Waals surface area contributed by atoms with Crippen molar-refractivity contribution in [2.75, 3.05) is 0 Å². The van der Waals surface area contributed by atoms with E-state index in [2.05, 4.69) is 32.4 Å². The molecule has 2 nitrogen and oxygen atoms in total. The van der Waals surface area contributed by atoms with E-state index in [1.165, 1.54) is 9.75 Å². The predicted octanol–water partition coefficient (Wildman–Crippen LogP) is 4.00. The lowest BCUT2D eigenvalue weighted by Crippen LogP contribution is -2.07. The fourth-order valence-corrected chi connectivity index (χ4v) is 4.58. The molecule has 2 heterocycles. The van der Waals surface area contributed by atoms with Crippen molar-refractivity contribution in [3.05, 3.63) is 26.5 Å². The van der Waals surface area contributed by atoms with Crippen molar-refractivity contribution in [2.24, 2.45) is 0 Å². The van der Waals surface area contributed by atoms with E-state index >= 15 is 0 Å². The number of hydrogen-bond donors (Lipinski definition) is 1. The number of halogens is 1. The summed E-state index contributed by atoms with van der Waals surface area (Å²) in [6.45, 7) is 0. The van der Waals surface area contributed by atoms with Crippen LogP contribution in [-0.2, 0) is 6.42 Å². The van der Waals surface area contributed by atoms with Crippen LogP contribution in [0.1, 0.15) is 29.5 Å². The van der Waals surface area contributed by atoms with Gasteiger partial charge in [0.2, 0.25) is 0 Å². The molecule has 0 saturated heterocycles. The Labute approximate surface area is 110 Å². The lowest BCUT2D eigenvalue weighted by Gasteiger charge is -2.14. The van der Waals surface area contributed by atoms with Gasteiger partial charge in [0.05, 0.1) is 16.7 Å². The van der Waals surface area contributed by atoms with E-state index in [0.717, 1.165) is 34.4 Å². The highest BCUT2D eigenvalue weighted by Gasteiger charge is 2.23. The van der Waals surface area contributed by atoms with Crippen molar-refractivity contribution in [3.63, 3.8) is 0 Å². The first kappa shape index (κ1) is 10.9. The first-order valence-electron chi connectivity index (χ1n) is 5.16. The first-order valence-corrected chi connectivity index (χ1v) is 7.65. The van der Waals surface area contributed by atoms with Crippen molar-refractivity contribution >= 4 is 38.6 Å². The molecule has 0 saturated carbocycles. The lowest BCUT2D eigenvalue weighted by molar-refractivity contribution is 0.153. The number of aliphatic hydroxyl groups excluding tert-OH is 1. The van der Waals surface area contributed by atoms with Crippen molar-refractivity contribution in [1.29, 1.82) is 0 Å². The summed E-state index contributed by atoms with van der Waals surface area (Å²) in [6, 6.07) is 2.08. The average Bonchev–Trinajstić information content (AvgIpc) is 2.84. The second-order valence-electron chi connectivity index (χ2n) is 3.86. The topological polar surface area (TPSA) is 33.1 Å². The molecule has 0 bridgehead atoms. The van der Waals surface area contributed by atoms with E-state index < -0.39 is 0 Å². The number of nitrogens with zero attached hydrogens (tertiary/aromatic N) is 1. The Morgan fingerprint density at radius 1 is 1.50 bits per heavy atom. The second-order valence-corrected chi connectivity index (χ2v) is 6.78. The highest BCUT2D eigenvalue weighted by molar-refractivity contribution is 9.10. The van der Waals surface area contributed by atoms with Gasteiger partial charge >= 0.3 is 0 Å². The maximum Gasteiger partial charge on any atom is 0.134 e. The average molecular weight is 316 g/mol. The summed E-state index contributed by atoms with van der Waals surface area (Å²) in [7, 11) is 0. The third kappa shape index (κ3) is 1.86. The predicted molar refractivity (Wildman–Crippen MR) is 71.0 cm³/mol. The SMILES string of the molecule is OC1CCCc2sc(-c3cc(Br)cs3)nc21. The molecule has 1 aliphatic rings. The molecule has 0 spiro atoms. The molecule has 16 heavy (non-hydrogen) atoms. The van der Waals surface area contributed by atoms with Crippen LogP contribution < -0.4 is 0 Å². The zero-order chi connectivity index (χ0) is 11.1. The number of aryl methyl sites for hydroxylation is 1. The van der Waals surface area contributed by atoms with Gasteiger partial charge in [0, 0.05) is 14.7 Å². The minimum Gasteiger partial charge on any atom is -0.387 e. The minimum atomic E-state index is -0.350. The first-order chi connectivity index (χ1) is 7.74. The number of aliphatic hydroxyl groups is 1. The summed E-state index contributed by atoms with van der Waals surface area (Å²) in [6.07, 6.45) is 2.64. The van der Waals surface area contributed by atoms with Gasteiger partial charge in [-0.25, -0.2) is 4.98 Å². The molecule has 1 unspecified atom stereocenters. The summed E-state index contributed by atoms with van der Waals surface area (Å²) in [5.74, 6) is 0. The summed E-state index contributed by atoms with van der Waals surface area (Å²) >= 11 is 6.86. The van der Waals surface area contributed by atoms with Gasteiger partial charge < -0.3 is 5.11 Å². The summed E-state index contributed by atoms with van der Waals surface area (Å²) in [5, 5.41) is 13.0.